The fourth-order valence-corrected chi connectivity index (χ4v) is 2.41. The van der Waals surface area contributed by atoms with Crippen molar-refractivity contribution < 1.29 is 13.9 Å². The van der Waals surface area contributed by atoms with Crippen molar-refractivity contribution in [2.24, 2.45) is 0 Å². The molecule has 0 radical (unpaired) electrons. The zero-order valence-corrected chi connectivity index (χ0v) is 13.4. The summed E-state index contributed by atoms with van der Waals surface area (Å²) in [6.45, 7) is 4.13. The van der Waals surface area contributed by atoms with Crippen LogP contribution in [0.3, 0.4) is 0 Å². The summed E-state index contributed by atoms with van der Waals surface area (Å²) >= 11 is 0. The van der Waals surface area contributed by atoms with E-state index in [9.17, 15) is 4.79 Å². The van der Waals surface area contributed by atoms with Crippen molar-refractivity contribution in [3.8, 4) is 11.5 Å². The zero-order valence-electron chi connectivity index (χ0n) is 13.4. The van der Waals surface area contributed by atoms with Gasteiger partial charge in [0.2, 0.25) is 0 Å². The van der Waals surface area contributed by atoms with Gasteiger partial charge in [-0.1, -0.05) is 12.1 Å². The summed E-state index contributed by atoms with van der Waals surface area (Å²) in [6.07, 6.45) is 0. The molecule has 0 spiro atoms. The Balaban J connectivity index is 1.83. The molecule has 0 unspecified atom stereocenters. The van der Waals surface area contributed by atoms with Crippen molar-refractivity contribution in [3.63, 3.8) is 0 Å². The Labute approximate surface area is 134 Å². The number of rotatable bonds is 4. The molecule has 0 fully saturated rings. The fourth-order valence-electron chi connectivity index (χ4n) is 2.41. The van der Waals surface area contributed by atoms with Crippen LogP contribution in [0.5, 0.6) is 11.5 Å². The Kier molecular flexibility index (Phi) is 4.06. The van der Waals surface area contributed by atoms with Crippen LogP contribution in [-0.4, -0.2) is 7.11 Å². The molecule has 0 atom stereocenters. The van der Waals surface area contributed by atoms with Crippen LogP contribution in [0, 0.1) is 13.8 Å². The molecule has 23 heavy (non-hydrogen) atoms. The lowest BCUT2D eigenvalue weighted by Gasteiger charge is -2.09. The first-order valence-corrected chi connectivity index (χ1v) is 7.38. The van der Waals surface area contributed by atoms with Gasteiger partial charge in [0, 0.05) is 17.0 Å². The molecular weight excluding hydrogens is 292 g/mol. The van der Waals surface area contributed by atoms with Crippen molar-refractivity contribution in [1.82, 2.24) is 0 Å². The first-order chi connectivity index (χ1) is 11.1. The molecule has 0 saturated heterocycles. The molecule has 1 aromatic heterocycles. The molecule has 0 aliphatic heterocycles. The second-order valence-corrected chi connectivity index (χ2v) is 5.43. The number of hydrogen-bond acceptors (Lipinski definition) is 4. The molecule has 4 heteroatoms. The van der Waals surface area contributed by atoms with E-state index in [0.29, 0.717) is 23.5 Å². The normalized spacial score (nSPS) is 10.7. The lowest BCUT2D eigenvalue weighted by molar-refractivity contribution is 0.306. The molecule has 118 valence electrons. The minimum atomic E-state index is -0.303. The van der Waals surface area contributed by atoms with Crippen molar-refractivity contribution in [2.75, 3.05) is 7.11 Å². The Morgan fingerprint density at radius 1 is 0.957 bits per heavy atom. The van der Waals surface area contributed by atoms with Gasteiger partial charge in [-0.3, -0.25) is 0 Å². The zero-order chi connectivity index (χ0) is 16.4. The molecule has 1 heterocycles. The number of methoxy groups -OCH3 is 1. The Bertz CT molecular complexity index is 892. The Hall–Kier alpha value is -2.75. The van der Waals surface area contributed by atoms with Crippen molar-refractivity contribution in [2.45, 2.75) is 20.5 Å². The predicted octanol–water partition coefficient (Wildman–Crippen LogP) is 4.00. The van der Waals surface area contributed by atoms with Crippen LogP contribution in [0.1, 0.15) is 16.7 Å². The summed E-state index contributed by atoms with van der Waals surface area (Å²) < 4.78 is 16.3. The van der Waals surface area contributed by atoms with Gasteiger partial charge in [-0.15, -0.1) is 0 Å². The van der Waals surface area contributed by atoms with Gasteiger partial charge in [0.05, 0.1) is 7.11 Å². The Morgan fingerprint density at radius 2 is 1.65 bits per heavy atom. The van der Waals surface area contributed by atoms with E-state index >= 15 is 0 Å². The second-order valence-electron chi connectivity index (χ2n) is 5.43. The minimum Gasteiger partial charge on any atom is -0.497 e. The highest BCUT2D eigenvalue weighted by molar-refractivity contribution is 5.82. The van der Waals surface area contributed by atoms with Gasteiger partial charge in [0.25, 0.3) is 0 Å². The monoisotopic (exact) mass is 310 g/mol. The molecular formula is C19H18O4. The summed E-state index contributed by atoms with van der Waals surface area (Å²) in [5, 5.41) is 0.930. The topological polar surface area (TPSA) is 48.7 Å². The van der Waals surface area contributed by atoms with Gasteiger partial charge in [-0.2, -0.15) is 0 Å². The van der Waals surface area contributed by atoms with Crippen molar-refractivity contribution >= 4 is 11.0 Å². The number of ether oxygens (including phenoxy) is 2. The average molecular weight is 310 g/mol. The van der Waals surface area contributed by atoms with Crippen LogP contribution >= 0.6 is 0 Å². The van der Waals surface area contributed by atoms with E-state index < -0.39 is 0 Å². The van der Waals surface area contributed by atoms with Crippen molar-refractivity contribution in [3.05, 3.63) is 69.6 Å². The average Bonchev–Trinajstić information content (AvgIpc) is 2.58. The third-order valence-corrected chi connectivity index (χ3v) is 3.99. The summed E-state index contributed by atoms with van der Waals surface area (Å²) in [5.41, 5.74) is 2.86. The SMILES string of the molecule is COc1ccc(COc2ccc3c(C)c(C)c(=O)oc3c2)cc1. The third-order valence-electron chi connectivity index (χ3n) is 3.99. The molecule has 3 rings (SSSR count). The highest BCUT2D eigenvalue weighted by Crippen LogP contribution is 2.24. The van der Waals surface area contributed by atoms with E-state index in [4.69, 9.17) is 13.9 Å². The molecule has 4 nitrogen and oxygen atoms in total. The molecule has 0 saturated carbocycles. The van der Waals surface area contributed by atoms with Gasteiger partial charge in [-0.05, 0) is 49.2 Å². The minimum absolute atomic E-state index is 0.303. The molecule has 2 aromatic carbocycles. The van der Waals surface area contributed by atoms with Gasteiger partial charge >= 0.3 is 5.63 Å². The second kappa shape index (κ2) is 6.16. The van der Waals surface area contributed by atoms with E-state index in [1.807, 2.05) is 43.3 Å². The quantitative estimate of drug-likeness (QED) is 0.683. The summed E-state index contributed by atoms with van der Waals surface area (Å²) in [6, 6.07) is 13.3. The van der Waals surface area contributed by atoms with Crippen LogP contribution < -0.4 is 15.1 Å². The summed E-state index contributed by atoms with van der Waals surface area (Å²) in [7, 11) is 1.64. The third kappa shape index (κ3) is 3.06. The van der Waals surface area contributed by atoms with E-state index in [1.165, 1.54) is 0 Å². The van der Waals surface area contributed by atoms with Crippen LogP contribution in [-0.2, 0) is 6.61 Å². The van der Waals surface area contributed by atoms with E-state index in [0.717, 1.165) is 22.3 Å². The van der Waals surface area contributed by atoms with Crippen LogP contribution in [0.25, 0.3) is 11.0 Å². The lowest BCUT2D eigenvalue weighted by atomic mass is 10.1. The molecule has 0 amide bonds. The molecule has 0 aliphatic carbocycles. The maximum absolute atomic E-state index is 11.8. The van der Waals surface area contributed by atoms with Gasteiger partial charge in [0.15, 0.2) is 0 Å². The van der Waals surface area contributed by atoms with Crippen LogP contribution in [0.15, 0.2) is 51.7 Å². The highest BCUT2D eigenvalue weighted by Gasteiger charge is 2.08. The molecule has 0 bridgehead atoms. The first-order valence-electron chi connectivity index (χ1n) is 7.38. The smallest absolute Gasteiger partial charge is 0.339 e. The van der Waals surface area contributed by atoms with Gasteiger partial charge in [0.1, 0.15) is 23.7 Å². The van der Waals surface area contributed by atoms with E-state index in [2.05, 4.69) is 0 Å². The maximum Gasteiger partial charge on any atom is 0.339 e. The van der Waals surface area contributed by atoms with Crippen LogP contribution in [0.4, 0.5) is 0 Å². The molecule has 0 N–H and O–H groups in total. The molecule has 3 aromatic rings. The predicted molar refractivity (Wildman–Crippen MR) is 89.3 cm³/mol. The van der Waals surface area contributed by atoms with Gasteiger partial charge in [-0.25, -0.2) is 4.79 Å². The van der Waals surface area contributed by atoms with Crippen LogP contribution in [0.2, 0.25) is 0 Å². The maximum atomic E-state index is 11.8. The van der Waals surface area contributed by atoms with E-state index in [1.54, 1.807) is 20.1 Å². The van der Waals surface area contributed by atoms with Gasteiger partial charge < -0.3 is 13.9 Å². The summed E-state index contributed by atoms with van der Waals surface area (Å²) in [4.78, 5) is 11.8. The Morgan fingerprint density at radius 3 is 2.35 bits per heavy atom. The molecule has 0 aliphatic rings. The largest absolute Gasteiger partial charge is 0.497 e. The van der Waals surface area contributed by atoms with Crippen molar-refractivity contribution in [1.29, 1.82) is 0 Å². The number of aryl methyl sites for hydroxylation is 1. The van der Waals surface area contributed by atoms with E-state index in [-0.39, 0.29) is 5.63 Å². The standard InChI is InChI=1S/C19H18O4/c1-12-13(2)19(20)23-18-10-16(8-9-17(12)18)22-11-14-4-6-15(21-3)7-5-14/h4-10H,11H2,1-3H3. The number of benzene rings is 2. The lowest BCUT2D eigenvalue weighted by Crippen LogP contribution is -2.05. The number of hydrogen-bond donors (Lipinski definition) is 0. The summed E-state index contributed by atoms with van der Waals surface area (Å²) in [5.74, 6) is 1.48. The first kappa shape index (κ1) is 15.2. The fraction of sp³-hybridized carbons (Fsp3) is 0.211. The number of fused-ring (bicyclic) bond motifs is 1. The highest BCUT2D eigenvalue weighted by atomic mass is 16.5.